The minimum atomic E-state index is -1.06. The van der Waals surface area contributed by atoms with E-state index in [-0.39, 0.29) is 5.69 Å². The molecule has 0 spiro atoms. The molecule has 0 radical (unpaired) electrons. The number of rotatable bonds is 2. The lowest BCUT2D eigenvalue weighted by atomic mass is 10.3. The van der Waals surface area contributed by atoms with Crippen LogP contribution in [0.3, 0.4) is 0 Å². The Labute approximate surface area is 76.3 Å². The number of carboxylic acids is 1. The minimum absolute atomic E-state index is 0.0129. The zero-order valence-electron chi connectivity index (χ0n) is 6.26. The van der Waals surface area contributed by atoms with Crippen LogP contribution in [0.4, 0.5) is 0 Å². The second kappa shape index (κ2) is 2.94. The molecule has 13 heavy (non-hydrogen) atoms. The van der Waals surface area contributed by atoms with Gasteiger partial charge < -0.3 is 5.11 Å². The highest BCUT2D eigenvalue weighted by Crippen LogP contribution is 2.24. The summed E-state index contributed by atoms with van der Waals surface area (Å²) in [5.74, 6) is -1.06. The van der Waals surface area contributed by atoms with Gasteiger partial charge in [0.1, 0.15) is 5.69 Å². The third kappa shape index (κ3) is 1.29. The van der Waals surface area contributed by atoms with E-state index in [1.807, 2.05) is 0 Å². The second-order valence-electron chi connectivity index (χ2n) is 2.19. The third-order valence-corrected chi connectivity index (χ3v) is 2.27. The van der Waals surface area contributed by atoms with Crippen molar-refractivity contribution in [3.63, 3.8) is 0 Å². The number of hydrogen-bond donors (Lipinski definition) is 2. The highest BCUT2D eigenvalue weighted by atomic mass is 32.1. The monoisotopic (exact) mass is 196 g/mol. The molecular formula is C6H4N4O2S. The number of nitrogens with one attached hydrogen (secondary N) is 1. The molecule has 2 rings (SSSR count). The Bertz CT molecular complexity index is 422. The molecule has 0 saturated carbocycles. The van der Waals surface area contributed by atoms with E-state index in [1.165, 1.54) is 23.0 Å². The van der Waals surface area contributed by atoms with Crippen LogP contribution in [0.15, 0.2) is 11.7 Å². The molecule has 0 aromatic carbocycles. The van der Waals surface area contributed by atoms with Crippen LogP contribution in [0.1, 0.15) is 10.5 Å². The van der Waals surface area contributed by atoms with Crippen molar-refractivity contribution in [3.05, 3.63) is 17.4 Å². The van der Waals surface area contributed by atoms with Crippen molar-refractivity contribution in [2.75, 3.05) is 0 Å². The van der Waals surface area contributed by atoms with Gasteiger partial charge in [-0.05, 0) is 0 Å². The summed E-state index contributed by atoms with van der Waals surface area (Å²) in [4.78, 5) is 14.9. The van der Waals surface area contributed by atoms with Gasteiger partial charge in [-0.2, -0.15) is 15.4 Å². The minimum Gasteiger partial charge on any atom is -0.476 e. The van der Waals surface area contributed by atoms with Crippen LogP contribution in [0.5, 0.6) is 0 Å². The maximum atomic E-state index is 10.7. The maximum absolute atomic E-state index is 10.7. The predicted molar refractivity (Wildman–Crippen MR) is 44.4 cm³/mol. The zero-order chi connectivity index (χ0) is 9.26. The van der Waals surface area contributed by atoms with Gasteiger partial charge in [-0.3, -0.25) is 0 Å². The largest absolute Gasteiger partial charge is 0.476 e. The first-order chi connectivity index (χ1) is 6.29. The molecule has 7 heteroatoms. The van der Waals surface area contributed by atoms with Crippen molar-refractivity contribution in [3.8, 4) is 10.6 Å². The van der Waals surface area contributed by atoms with Crippen molar-refractivity contribution < 1.29 is 9.90 Å². The number of nitrogens with zero attached hydrogens (tertiary/aromatic N) is 3. The molecule has 0 aliphatic carbocycles. The topological polar surface area (TPSA) is 91.8 Å². The van der Waals surface area contributed by atoms with Gasteiger partial charge in [0.15, 0.2) is 5.69 Å². The first-order valence-corrected chi connectivity index (χ1v) is 4.20. The van der Waals surface area contributed by atoms with Crippen LogP contribution in [0.25, 0.3) is 10.6 Å². The molecule has 2 N–H and O–H groups in total. The number of H-pyrrole nitrogens is 1. The first-order valence-electron chi connectivity index (χ1n) is 3.32. The Morgan fingerprint density at radius 1 is 1.62 bits per heavy atom. The molecular weight excluding hydrogens is 192 g/mol. The standard InChI is InChI=1S/C6H4N4O2S/c11-6(12)4-5(13-2-7-4)3-1-8-10-9-3/h1-2H,(H,11,12)(H,8,9,10). The number of hydrogen-bond acceptors (Lipinski definition) is 5. The Balaban J connectivity index is 2.52. The van der Waals surface area contributed by atoms with Crippen LogP contribution >= 0.6 is 11.3 Å². The van der Waals surface area contributed by atoms with E-state index in [0.29, 0.717) is 10.6 Å². The Morgan fingerprint density at radius 3 is 3.08 bits per heavy atom. The van der Waals surface area contributed by atoms with Gasteiger partial charge in [0.05, 0.1) is 16.6 Å². The van der Waals surface area contributed by atoms with Crippen LogP contribution in [-0.2, 0) is 0 Å². The number of carboxylic acid groups (broad SMARTS) is 1. The van der Waals surface area contributed by atoms with E-state index in [9.17, 15) is 4.79 Å². The fraction of sp³-hybridized carbons (Fsp3) is 0. The van der Waals surface area contributed by atoms with Crippen molar-refractivity contribution >= 4 is 17.3 Å². The highest BCUT2D eigenvalue weighted by molar-refractivity contribution is 7.13. The first kappa shape index (κ1) is 7.87. The van der Waals surface area contributed by atoms with Crippen LogP contribution in [-0.4, -0.2) is 31.5 Å². The highest BCUT2D eigenvalue weighted by Gasteiger charge is 2.16. The maximum Gasteiger partial charge on any atom is 0.356 e. The number of carbonyl (C=O) groups is 1. The SMILES string of the molecule is O=C(O)c1ncsc1-c1cn[nH]n1. The summed E-state index contributed by atoms with van der Waals surface area (Å²) in [6.45, 7) is 0. The Kier molecular flexibility index (Phi) is 1.78. The molecule has 0 atom stereocenters. The average molecular weight is 196 g/mol. The molecule has 2 aromatic rings. The van der Waals surface area contributed by atoms with Gasteiger partial charge in [-0.25, -0.2) is 9.78 Å². The van der Waals surface area contributed by atoms with Crippen molar-refractivity contribution in [2.45, 2.75) is 0 Å². The van der Waals surface area contributed by atoms with Gasteiger partial charge in [0.2, 0.25) is 0 Å². The van der Waals surface area contributed by atoms with E-state index in [2.05, 4.69) is 20.4 Å². The number of aromatic carboxylic acids is 1. The molecule has 0 unspecified atom stereocenters. The lowest BCUT2D eigenvalue weighted by molar-refractivity contribution is 0.0692. The smallest absolute Gasteiger partial charge is 0.356 e. The average Bonchev–Trinajstić information content (AvgIpc) is 2.74. The van der Waals surface area contributed by atoms with Crippen molar-refractivity contribution in [1.29, 1.82) is 0 Å². The molecule has 0 bridgehead atoms. The Morgan fingerprint density at radius 2 is 2.46 bits per heavy atom. The van der Waals surface area contributed by atoms with E-state index < -0.39 is 5.97 Å². The summed E-state index contributed by atoms with van der Waals surface area (Å²) in [7, 11) is 0. The van der Waals surface area contributed by atoms with Crippen molar-refractivity contribution in [1.82, 2.24) is 20.4 Å². The molecule has 0 amide bonds. The lowest BCUT2D eigenvalue weighted by Crippen LogP contribution is -1.98. The third-order valence-electron chi connectivity index (χ3n) is 1.42. The van der Waals surface area contributed by atoms with Crippen LogP contribution < -0.4 is 0 Å². The summed E-state index contributed by atoms with van der Waals surface area (Å²) in [6, 6.07) is 0. The van der Waals surface area contributed by atoms with E-state index in [4.69, 9.17) is 5.11 Å². The number of aromatic amines is 1. The summed E-state index contributed by atoms with van der Waals surface area (Å²) in [6.07, 6.45) is 1.46. The fourth-order valence-corrected chi connectivity index (χ4v) is 1.63. The van der Waals surface area contributed by atoms with Crippen LogP contribution in [0.2, 0.25) is 0 Å². The second-order valence-corrected chi connectivity index (χ2v) is 3.05. The Hall–Kier alpha value is -1.76. The summed E-state index contributed by atoms with van der Waals surface area (Å²) in [5, 5.41) is 18.5. The zero-order valence-corrected chi connectivity index (χ0v) is 7.08. The van der Waals surface area contributed by atoms with Gasteiger partial charge in [0.25, 0.3) is 0 Å². The molecule has 0 aliphatic heterocycles. The van der Waals surface area contributed by atoms with Gasteiger partial charge in [0, 0.05) is 0 Å². The van der Waals surface area contributed by atoms with Gasteiger partial charge in [-0.1, -0.05) is 0 Å². The molecule has 2 aromatic heterocycles. The summed E-state index contributed by atoms with van der Waals surface area (Å²) >= 11 is 1.22. The van der Waals surface area contributed by atoms with E-state index in [1.54, 1.807) is 0 Å². The van der Waals surface area contributed by atoms with Gasteiger partial charge in [-0.15, -0.1) is 11.3 Å². The molecule has 66 valence electrons. The predicted octanol–water partition coefficient (Wildman–Crippen LogP) is 0.626. The van der Waals surface area contributed by atoms with E-state index in [0.717, 1.165) is 0 Å². The molecule has 0 saturated heterocycles. The molecule has 0 fully saturated rings. The normalized spacial score (nSPS) is 10.2. The van der Waals surface area contributed by atoms with Gasteiger partial charge >= 0.3 is 5.97 Å². The molecule has 6 nitrogen and oxygen atoms in total. The van der Waals surface area contributed by atoms with Crippen molar-refractivity contribution in [2.24, 2.45) is 0 Å². The fourth-order valence-electron chi connectivity index (χ4n) is 0.891. The lowest BCUT2D eigenvalue weighted by Gasteiger charge is -1.90. The summed E-state index contributed by atoms with van der Waals surface area (Å²) < 4.78 is 0. The number of aromatic nitrogens is 4. The quantitative estimate of drug-likeness (QED) is 0.734. The molecule has 0 aliphatic rings. The van der Waals surface area contributed by atoms with Crippen LogP contribution in [0, 0.1) is 0 Å². The molecule has 2 heterocycles. The van der Waals surface area contributed by atoms with E-state index >= 15 is 0 Å². The summed E-state index contributed by atoms with van der Waals surface area (Å²) in [5.41, 5.74) is 1.98. The number of thiazole rings is 1.